The van der Waals surface area contributed by atoms with Crippen LogP contribution in [0.3, 0.4) is 0 Å². The minimum atomic E-state index is -0.157. The molecule has 1 saturated heterocycles. The third kappa shape index (κ3) is 3.64. The van der Waals surface area contributed by atoms with Crippen LogP contribution >= 0.6 is 0 Å². The number of anilines is 2. The maximum Gasteiger partial charge on any atom is 0.276 e. The van der Waals surface area contributed by atoms with Crippen molar-refractivity contribution in [3.63, 3.8) is 0 Å². The van der Waals surface area contributed by atoms with Crippen molar-refractivity contribution in [3.8, 4) is 0 Å². The van der Waals surface area contributed by atoms with E-state index in [1.165, 1.54) is 18.5 Å². The molecule has 0 atom stereocenters. The predicted molar refractivity (Wildman–Crippen MR) is 106 cm³/mol. The van der Waals surface area contributed by atoms with Gasteiger partial charge in [-0.1, -0.05) is 0 Å². The van der Waals surface area contributed by atoms with Crippen LogP contribution in [0.25, 0.3) is 0 Å². The quantitative estimate of drug-likeness (QED) is 0.860. The first-order valence-corrected chi connectivity index (χ1v) is 10.2. The second-order valence-electron chi connectivity index (χ2n) is 7.80. The highest BCUT2D eigenvalue weighted by Crippen LogP contribution is 2.32. The van der Waals surface area contributed by atoms with Crippen molar-refractivity contribution in [1.29, 1.82) is 0 Å². The van der Waals surface area contributed by atoms with E-state index >= 15 is 0 Å². The van der Waals surface area contributed by atoms with Gasteiger partial charge in [-0.05, 0) is 43.0 Å². The van der Waals surface area contributed by atoms with E-state index in [9.17, 15) is 4.79 Å². The van der Waals surface area contributed by atoms with E-state index in [4.69, 9.17) is 9.47 Å². The Morgan fingerprint density at radius 2 is 1.89 bits per heavy atom. The van der Waals surface area contributed by atoms with Gasteiger partial charge in [0, 0.05) is 48.7 Å². The Kier molecular flexibility index (Phi) is 4.78. The van der Waals surface area contributed by atoms with Crippen LogP contribution in [0.15, 0.2) is 24.3 Å². The first-order valence-electron chi connectivity index (χ1n) is 10.2. The molecule has 148 valence electrons. The van der Waals surface area contributed by atoms with Gasteiger partial charge in [0.25, 0.3) is 5.91 Å². The van der Waals surface area contributed by atoms with E-state index in [2.05, 4.69) is 15.3 Å². The summed E-state index contributed by atoms with van der Waals surface area (Å²) >= 11 is 0. The number of hydrogen-bond acceptors (Lipinski definition) is 5. The lowest BCUT2D eigenvalue weighted by atomic mass is 10.1. The van der Waals surface area contributed by atoms with Crippen LogP contribution in [0, 0.1) is 5.92 Å². The second-order valence-corrected chi connectivity index (χ2v) is 7.80. The Bertz CT molecular complexity index is 851. The van der Waals surface area contributed by atoms with Crippen LogP contribution in [0.5, 0.6) is 0 Å². The molecule has 3 heterocycles. The molecule has 2 aromatic rings. The van der Waals surface area contributed by atoms with Gasteiger partial charge in [-0.3, -0.25) is 9.48 Å². The zero-order valence-corrected chi connectivity index (χ0v) is 16.0. The second kappa shape index (κ2) is 7.56. The van der Waals surface area contributed by atoms with Gasteiger partial charge in [-0.15, -0.1) is 0 Å². The number of rotatable bonds is 5. The molecule has 1 aliphatic carbocycles. The number of hydrogen-bond donors (Lipinski definition) is 1. The summed E-state index contributed by atoms with van der Waals surface area (Å²) in [4.78, 5) is 15.2. The summed E-state index contributed by atoms with van der Waals surface area (Å²) in [5.74, 6) is 0.561. The number of morpholine rings is 1. The highest BCUT2D eigenvalue weighted by atomic mass is 16.5. The lowest BCUT2D eigenvalue weighted by Crippen LogP contribution is -2.36. The smallest absolute Gasteiger partial charge is 0.276 e. The molecule has 7 heteroatoms. The molecule has 0 unspecified atom stereocenters. The Morgan fingerprint density at radius 1 is 1.11 bits per heavy atom. The van der Waals surface area contributed by atoms with Crippen molar-refractivity contribution in [2.75, 3.05) is 43.1 Å². The van der Waals surface area contributed by atoms with Gasteiger partial charge in [0.05, 0.1) is 26.4 Å². The number of aromatic nitrogens is 2. The summed E-state index contributed by atoms with van der Waals surface area (Å²) in [6, 6.07) is 8.00. The Labute approximate surface area is 164 Å². The summed E-state index contributed by atoms with van der Waals surface area (Å²) in [6.45, 7) is 5.41. The molecule has 2 aliphatic heterocycles. The van der Waals surface area contributed by atoms with Gasteiger partial charge in [0.2, 0.25) is 0 Å². The highest BCUT2D eigenvalue weighted by Gasteiger charge is 2.29. The molecule has 3 aliphatic rings. The van der Waals surface area contributed by atoms with E-state index in [1.54, 1.807) is 0 Å². The summed E-state index contributed by atoms with van der Waals surface area (Å²) in [5.41, 5.74) is 4.57. The van der Waals surface area contributed by atoms with Gasteiger partial charge in [0.15, 0.2) is 5.69 Å². The molecule has 1 amide bonds. The molecule has 1 saturated carbocycles. The Morgan fingerprint density at radius 3 is 2.64 bits per heavy atom. The summed E-state index contributed by atoms with van der Waals surface area (Å²) < 4.78 is 13.1. The molecule has 0 bridgehead atoms. The Balaban J connectivity index is 1.31. The van der Waals surface area contributed by atoms with E-state index in [0.29, 0.717) is 18.9 Å². The molecular formula is C21H26N4O3. The molecule has 0 radical (unpaired) electrons. The summed E-state index contributed by atoms with van der Waals surface area (Å²) in [5, 5.41) is 7.67. The highest BCUT2D eigenvalue weighted by molar-refractivity contribution is 6.04. The van der Waals surface area contributed by atoms with Crippen LogP contribution in [-0.4, -0.2) is 48.6 Å². The van der Waals surface area contributed by atoms with E-state index < -0.39 is 0 Å². The van der Waals surface area contributed by atoms with Crippen molar-refractivity contribution in [2.24, 2.45) is 5.92 Å². The van der Waals surface area contributed by atoms with Gasteiger partial charge in [-0.2, -0.15) is 5.10 Å². The number of fused-ring (bicyclic) bond motifs is 1. The van der Waals surface area contributed by atoms with Gasteiger partial charge in [0.1, 0.15) is 0 Å². The van der Waals surface area contributed by atoms with Gasteiger partial charge < -0.3 is 19.7 Å². The molecule has 1 aromatic heterocycles. The number of carbonyl (C=O) groups is 1. The minimum Gasteiger partial charge on any atom is -0.378 e. The topological polar surface area (TPSA) is 68.6 Å². The van der Waals surface area contributed by atoms with Crippen molar-refractivity contribution in [3.05, 3.63) is 41.2 Å². The third-order valence-corrected chi connectivity index (χ3v) is 5.74. The zero-order valence-electron chi connectivity index (χ0n) is 16.0. The van der Waals surface area contributed by atoms with Crippen molar-refractivity contribution in [1.82, 2.24) is 9.78 Å². The molecule has 5 rings (SSSR count). The first-order chi connectivity index (χ1) is 13.8. The van der Waals surface area contributed by atoms with Crippen LogP contribution in [-0.2, 0) is 29.0 Å². The largest absolute Gasteiger partial charge is 0.378 e. The fraction of sp³-hybridized carbons (Fsp3) is 0.524. The summed E-state index contributed by atoms with van der Waals surface area (Å²) in [6.07, 6.45) is 3.36. The monoisotopic (exact) mass is 382 g/mol. The number of ether oxygens (including phenoxy) is 2. The van der Waals surface area contributed by atoms with Crippen molar-refractivity contribution in [2.45, 2.75) is 32.4 Å². The van der Waals surface area contributed by atoms with E-state index in [0.717, 1.165) is 62.1 Å². The molecule has 1 aromatic carbocycles. The van der Waals surface area contributed by atoms with Crippen LogP contribution in [0.1, 0.15) is 34.6 Å². The first kappa shape index (κ1) is 17.7. The van der Waals surface area contributed by atoms with Crippen molar-refractivity contribution < 1.29 is 14.3 Å². The van der Waals surface area contributed by atoms with Crippen LogP contribution in [0.4, 0.5) is 11.4 Å². The minimum absolute atomic E-state index is 0.157. The van der Waals surface area contributed by atoms with E-state index in [-0.39, 0.29) is 5.91 Å². The number of nitrogens with zero attached hydrogens (tertiary/aromatic N) is 3. The fourth-order valence-corrected chi connectivity index (χ4v) is 3.95. The lowest BCUT2D eigenvalue weighted by Gasteiger charge is -2.28. The molecule has 2 fully saturated rings. The standard InChI is InChI=1S/C21H26N4O3/c26-21(22-16-3-5-17(6-4-16)24-8-11-27-12-9-24)20-18-14-28-10-7-19(18)25(23-20)13-15-1-2-15/h3-6,15H,1-2,7-14H2,(H,22,26). The number of amides is 1. The molecule has 0 spiro atoms. The molecule has 28 heavy (non-hydrogen) atoms. The third-order valence-electron chi connectivity index (χ3n) is 5.74. The number of nitrogens with one attached hydrogen (secondary N) is 1. The number of benzene rings is 1. The van der Waals surface area contributed by atoms with Gasteiger partial charge in [-0.25, -0.2) is 0 Å². The van der Waals surface area contributed by atoms with E-state index in [1.807, 2.05) is 28.9 Å². The van der Waals surface area contributed by atoms with Crippen molar-refractivity contribution >= 4 is 17.3 Å². The number of carbonyl (C=O) groups excluding carboxylic acids is 1. The summed E-state index contributed by atoms with van der Waals surface area (Å²) in [7, 11) is 0. The average molecular weight is 382 g/mol. The SMILES string of the molecule is O=C(Nc1ccc(N2CCOCC2)cc1)c1nn(CC2CC2)c2c1COCC2. The Hall–Kier alpha value is -2.38. The molecule has 1 N–H and O–H groups in total. The van der Waals surface area contributed by atoms with Crippen LogP contribution in [0.2, 0.25) is 0 Å². The fourth-order valence-electron chi connectivity index (χ4n) is 3.95. The van der Waals surface area contributed by atoms with Gasteiger partial charge >= 0.3 is 0 Å². The lowest BCUT2D eigenvalue weighted by molar-refractivity contribution is 0.0984. The average Bonchev–Trinajstić information content (AvgIpc) is 3.49. The maximum absolute atomic E-state index is 12.9. The predicted octanol–water partition coefficient (Wildman–Crippen LogP) is 2.45. The zero-order chi connectivity index (χ0) is 18.9. The normalized spacial score (nSPS) is 19.4. The molecular weight excluding hydrogens is 356 g/mol. The maximum atomic E-state index is 12.9. The molecule has 7 nitrogen and oxygen atoms in total. The van der Waals surface area contributed by atoms with Crippen LogP contribution < -0.4 is 10.2 Å².